The third kappa shape index (κ3) is 5.79. The summed E-state index contributed by atoms with van der Waals surface area (Å²) >= 11 is 0. The van der Waals surface area contributed by atoms with E-state index < -0.39 is 0 Å². The molecule has 1 aliphatic rings. The minimum Gasteiger partial charge on any atom is -0.354 e. The molecule has 1 aromatic heterocycles. The maximum atomic E-state index is 13.2. The van der Waals surface area contributed by atoms with E-state index in [1.807, 2.05) is 18.7 Å². The molecule has 1 amide bonds. The molecule has 3 rings (SSSR count). The maximum Gasteiger partial charge on any atom is 0.224 e. The fraction of sp³-hybridized carbons (Fsp3) is 0.476. The number of carbonyl (C=O) groups excluding carboxylic acids is 1. The molecule has 1 saturated heterocycles. The molecule has 0 bridgehead atoms. The molecule has 0 spiro atoms. The summed E-state index contributed by atoms with van der Waals surface area (Å²) in [6.07, 6.45) is 6.94. The van der Waals surface area contributed by atoms with Crippen molar-refractivity contribution in [1.82, 2.24) is 25.1 Å². The monoisotopic (exact) mass is 400 g/mol. The number of halogens is 1. The van der Waals surface area contributed by atoms with Gasteiger partial charge in [-0.05, 0) is 30.0 Å². The number of benzene rings is 1. The highest BCUT2D eigenvalue weighted by Gasteiger charge is 2.28. The van der Waals surface area contributed by atoms with E-state index >= 15 is 0 Å². The van der Waals surface area contributed by atoms with Crippen molar-refractivity contribution in [2.45, 2.75) is 25.8 Å². The zero-order valence-electron chi connectivity index (χ0n) is 17.0. The summed E-state index contributed by atoms with van der Waals surface area (Å²) in [5.41, 5.74) is 0.666. The molecule has 1 fully saturated rings. The number of piperidine rings is 1. The number of aliphatic imine (C=N–C) groups is 1. The van der Waals surface area contributed by atoms with Crippen molar-refractivity contribution in [3.8, 4) is 0 Å². The normalized spacial score (nSPS) is 19.8. The largest absolute Gasteiger partial charge is 0.354 e. The second-order valence-electron chi connectivity index (χ2n) is 7.42. The number of aromatic nitrogens is 2. The Morgan fingerprint density at radius 3 is 2.90 bits per heavy atom. The van der Waals surface area contributed by atoms with Crippen molar-refractivity contribution in [2.24, 2.45) is 10.9 Å². The van der Waals surface area contributed by atoms with Crippen molar-refractivity contribution in [3.63, 3.8) is 0 Å². The van der Waals surface area contributed by atoms with Crippen LogP contribution in [0.4, 0.5) is 4.39 Å². The highest BCUT2D eigenvalue weighted by molar-refractivity contribution is 5.80. The minimum absolute atomic E-state index is 0.126. The van der Waals surface area contributed by atoms with Crippen LogP contribution in [0.1, 0.15) is 24.9 Å². The van der Waals surface area contributed by atoms with E-state index in [0.717, 1.165) is 25.5 Å². The third-order valence-electron chi connectivity index (χ3n) is 5.32. The number of nitrogens with zero attached hydrogens (tertiary/aromatic N) is 4. The Bertz CT molecular complexity index is 822. The second-order valence-corrected chi connectivity index (χ2v) is 7.42. The predicted octanol–water partition coefficient (Wildman–Crippen LogP) is 1.84. The molecule has 29 heavy (non-hydrogen) atoms. The lowest BCUT2D eigenvalue weighted by molar-refractivity contribution is -0.120. The first-order valence-corrected chi connectivity index (χ1v) is 10.0. The number of nitrogens with one attached hydrogen (secondary N) is 2. The van der Waals surface area contributed by atoms with Gasteiger partial charge < -0.3 is 20.1 Å². The molecular weight excluding hydrogens is 371 g/mol. The average Bonchev–Trinajstić information content (AvgIpc) is 3.23. The lowest BCUT2D eigenvalue weighted by Crippen LogP contribution is -2.50. The van der Waals surface area contributed by atoms with Crippen LogP contribution in [0.25, 0.3) is 0 Å². The summed E-state index contributed by atoms with van der Waals surface area (Å²) in [7, 11) is 1.77. The standard InChI is InChI=1S/C21H29FN6O/c1-16-6-10-27(14-19(16)28-11-9-24-15-28)21(23-2)26-8-7-25-20(29)13-17-4-3-5-18(22)12-17/h3-5,9,11-12,15-16,19H,6-8,10,13-14H2,1-2H3,(H,23,26)(H,25,29). The zero-order valence-corrected chi connectivity index (χ0v) is 17.0. The van der Waals surface area contributed by atoms with Gasteiger partial charge in [0.05, 0.1) is 18.8 Å². The van der Waals surface area contributed by atoms with E-state index in [1.54, 1.807) is 19.2 Å². The highest BCUT2D eigenvalue weighted by Crippen LogP contribution is 2.27. The predicted molar refractivity (Wildman–Crippen MR) is 111 cm³/mol. The molecule has 7 nitrogen and oxygen atoms in total. The van der Waals surface area contributed by atoms with E-state index in [4.69, 9.17) is 0 Å². The summed E-state index contributed by atoms with van der Waals surface area (Å²) in [4.78, 5) is 22.9. The van der Waals surface area contributed by atoms with Crippen LogP contribution in [0.3, 0.4) is 0 Å². The van der Waals surface area contributed by atoms with Gasteiger partial charge in [-0.25, -0.2) is 9.37 Å². The van der Waals surface area contributed by atoms with Gasteiger partial charge in [0.15, 0.2) is 5.96 Å². The van der Waals surface area contributed by atoms with Gasteiger partial charge in [-0.3, -0.25) is 9.79 Å². The van der Waals surface area contributed by atoms with Gasteiger partial charge in [-0.1, -0.05) is 19.1 Å². The van der Waals surface area contributed by atoms with E-state index in [9.17, 15) is 9.18 Å². The number of amides is 1. The number of carbonyl (C=O) groups is 1. The highest BCUT2D eigenvalue weighted by atomic mass is 19.1. The molecule has 0 aliphatic carbocycles. The van der Waals surface area contributed by atoms with E-state index in [-0.39, 0.29) is 18.1 Å². The van der Waals surface area contributed by atoms with Crippen LogP contribution >= 0.6 is 0 Å². The van der Waals surface area contributed by atoms with Crippen LogP contribution in [0.15, 0.2) is 48.0 Å². The fourth-order valence-electron chi connectivity index (χ4n) is 3.70. The number of rotatable bonds is 6. The van der Waals surface area contributed by atoms with Crippen LogP contribution in [0.5, 0.6) is 0 Å². The summed E-state index contributed by atoms with van der Waals surface area (Å²) in [5, 5.41) is 6.19. The van der Waals surface area contributed by atoms with Crippen LogP contribution < -0.4 is 10.6 Å². The summed E-state index contributed by atoms with van der Waals surface area (Å²) in [6, 6.07) is 6.47. The first kappa shape index (κ1) is 20.8. The fourth-order valence-corrected chi connectivity index (χ4v) is 3.70. The Morgan fingerprint density at radius 1 is 1.34 bits per heavy atom. The molecule has 1 aromatic carbocycles. The Morgan fingerprint density at radius 2 is 2.17 bits per heavy atom. The molecule has 2 unspecified atom stereocenters. The van der Waals surface area contributed by atoms with Gasteiger partial charge in [-0.2, -0.15) is 0 Å². The van der Waals surface area contributed by atoms with E-state index in [1.165, 1.54) is 12.1 Å². The van der Waals surface area contributed by atoms with Crippen molar-refractivity contribution in [2.75, 3.05) is 33.2 Å². The number of imidazole rings is 1. The average molecular weight is 401 g/mol. The maximum absolute atomic E-state index is 13.2. The minimum atomic E-state index is -0.328. The molecular formula is C21H29FN6O. The zero-order chi connectivity index (χ0) is 20.6. The van der Waals surface area contributed by atoms with Gasteiger partial charge in [0.2, 0.25) is 5.91 Å². The van der Waals surface area contributed by atoms with Crippen LogP contribution in [0, 0.1) is 11.7 Å². The number of hydrogen-bond donors (Lipinski definition) is 2. The SMILES string of the molecule is CN=C(NCCNC(=O)Cc1cccc(F)c1)N1CCC(C)C(n2ccnc2)C1. The van der Waals surface area contributed by atoms with Crippen LogP contribution in [-0.2, 0) is 11.2 Å². The Hall–Kier alpha value is -2.90. The van der Waals surface area contributed by atoms with Crippen molar-refractivity contribution in [3.05, 3.63) is 54.4 Å². The lowest BCUT2D eigenvalue weighted by Gasteiger charge is -2.39. The first-order chi connectivity index (χ1) is 14.1. The molecule has 8 heteroatoms. The number of hydrogen-bond acceptors (Lipinski definition) is 3. The lowest BCUT2D eigenvalue weighted by atomic mass is 9.93. The molecule has 2 heterocycles. The molecule has 0 radical (unpaired) electrons. The van der Waals surface area contributed by atoms with Gasteiger partial charge >= 0.3 is 0 Å². The molecule has 1 aliphatic heterocycles. The quantitative estimate of drug-likeness (QED) is 0.441. The molecule has 2 atom stereocenters. The molecule has 2 N–H and O–H groups in total. The smallest absolute Gasteiger partial charge is 0.224 e. The Labute approximate surface area is 171 Å². The summed E-state index contributed by atoms with van der Waals surface area (Å²) < 4.78 is 15.4. The number of likely N-dealkylation sites (tertiary alicyclic amines) is 1. The van der Waals surface area contributed by atoms with Gasteiger partial charge in [0.25, 0.3) is 0 Å². The second kappa shape index (κ2) is 10.0. The van der Waals surface area contributed by atoms with Gasteiger partial charge in [-0.15, -0.1) is 0 Å². The van der Waals surface area contributed by atoms with Crippen molar-refractivity contribution in [1.29, 1.82) is 0 Å². The van der Waals surface area contributed by atoms with Crippen molar-refractivity contribution < 1.29 is 9.18 Å². The Kier molecular flexibility index (Phi) is 7.21. The molecule has 2 aromatic rings. The van der Waals surface area contributed by atoms with Crippen LogP contribution in [-0.4, -0.2) is 59.5 Å². The number of guanidine groups is 1. The summed E-state index contributed by atoms with van der Waals surface area (Å²) in [6.45, 7) is 5.12. The molecule has 156 valence electrons. The Balaban J connectivity index is 1.44. The van der Waals surface area contributed by atoms with Crippen LogP contribution in [0.2, 0.25) is 0 Å². The van der Waals surface area contributed by atoms with E-state index in [2.05, 4.69) is 37.0 Å². The van der Waals surface area contributed by atoms with Gasteiger partial charge in [0.1, 0.15) is 5.82 Å². The van der Waals surface area contributed by atoms with Gasteiger partial charge in [0, 0.05) is 45.6 Å². The molecule has 0 saturated carbocycles. The summed E-state index contributed by atoms with van der Waals surface area (Å²) in [5.74, 6) is 0.951. The third-order valence-corrected chi connectivity index (χ3v) is 5.32. The topological polar surface area (TPSA) is 74.6 Å². The first-order valence-electron chi connectivity index (χ1n) is 10.0. The van der Waals surface area contributed by atoms with E-state index in [0.29, 0.717) is 30.6 Å². The van der Waals surface area contributed by atoms with Crippen molar-refractivity contribution >= 4 is 11.9 Å².